The van der Waals surface area contributed by atoms with Crippen LogP contribution in [-0.4, -0.2) is 30.5 Å². The van der Waals surface area contributed by atoms with Gasteiger partial charge in [-0.25, -0.2) is 4.39 Å². The van der Waals surface area contributed by atoms with E-state index in [4.69, 9.17) is 4.74 Å². The van der Waals surface area contributed by atoms with Gasteiger partial charge in [0, 0.05) is 6.54 Å². The molecule has 1 heterocycles. The largest absolute Gasteiger partial charge is 0.416 e. The maximum Gasteiger partial charge on any atom is 0.416 e. The predicted molar refractivity (Wildman–Crippen MR) is 86.8 cm³/mol. The van der Waals surface area contributed by atoms with Crippen molar-refractivity contribution in [2.75, 3.05) is 19.7 Å². The molecule has 1 atom stereocenters. The summed E-state index contributed by atoms with van der Waals surface area (Å²) in [4.78, 5) is 14.1. The van der Waals surface area contributed by atoms with Crippen LogP contribution < -0.4 is 0 Å². The topological polar surface area (TPSA) is 29.5 Å². The van der Waals surface area contributed by atoms with Crippen LogP contribution in [0.5, 0.6) is 0 Å². The van der Waals surface area contributed by atoms with Crippen molar-refractivity contribution >= 4 is 5.91 Å². The molecule has 1 unspecified atom stereocenters. The number of morpholine rings is 1. The Labute approximate surface area is 148 Å². The third-order valence-electron chi connectivity index (χ3n) is 4.30. The molecule has 1 fully saturated rings. The molecule has 0 aliphatic carbocycles. The fourth-order valence-corrected chi connectivity index (χ4v) is 2.85. The highest BCUT2D eigenvalue weighted by Crippen LogP contribution is 2.31. The lowest BCUT2D eigenvalue weighted by atomic mass is 10.0. The summed E-state index contributed by atoms with van der Waals surface area (Å²) in [5, 5.41) is 0. The zero-order valence-electron chi connectivity index (χ0n) is 13.8. The van der Waals surface area contributed by atoms with E-state index in [1.807, 2.05) is 0 Å². The first-order valence-electron chi connectivity index (χ1n) is 8.14. The number of alkyl halides is 3. The molecule has 0 aromatic heterocycles. The number of halogens is 4. The lowest BCUT2D eigenvalue weighted by Gasteiger charge is -2.33. The Balaban J connectivity index is 1.65. The van der Waals surface area contributed by atoms with Gasteiger partial charge in [0.1, 0.15) is 11.9 Å². The first kappa shape index (κ1) is 18.4. The third kappa shape index (κ3) is 4.40. The molecule has 7 heteroatoms. The molecular formula is C19H17F4NO2. The van der Waals surface area contributed by atoms with Crippen LogP contribution in [0.4, 0.5) is 17.6 Å². The number of amides is 1. The molecule has 1 aliphatic rings. The molecule has 1 amide bonds. The maximum atomic E-state index is 12.9. The van der Waals surface area contributed by atoms with Gasteiger partial charge in [-0.15, -0.1) is 0 Å². The van der Waals surface area contributed by atoms with E-state index in [1.54, 1.807) is 17.0 Å². The van der Waals surface area contributed by atoms with Crippen LogP contribution in [0.1, 0.15) is 22.8 Å². The average molecular weight is 367 g/mol. The molecule has 1 aliphatic heterocycles. The van der Waals surface area contributed by atoms with Crippen LogP contribution in [0.2, 0.25) is 0 Å². The van der Waals surface area contributed by atoms with Gasteiger partial charge in [-0.3, -0.25) is 4.79 Å². The van der Waals surface area contributed by atoms with Gasteiger partial charge in [-0.2, -0.15) is 13.2 Å². The van der Waals surface area contributed by atoms with E-state index in [1.165, 1.54) is 24.3 Å². The van der Waals surface area contributed by atoms with Crippen LogP contribution in [0.3, 0.4) is 0 Å². The monoisotopic (exact) mass is 367 g/mol. The summed E-state index contributed by atoms with van der Waals surface area (Å²) >= 11 is 0. The number of rotatable bonds is 3. The molecule has 0 N–H and O–H groups in total. The van der Waals surface area contributed by atoms with Crippen molar-refractivity contribution in [1.82, 2.24) is 4.90 Å². The molecule has 0 bridgehead atoms. The molecule has 0 saturated carbocycles. The molecular weight excluding hydrogens is 350 g/mol. The first-order valence-corrected chi connectivity index (χ1v) is 8.14. The normalized spacial score (nSPS) is 18.0. The van der Waals surface area contributed by atoms with E-state index in [0.29, 0.717) is 24.3 Å². The molecule has 2 aromatic carbocycles. The number of ether oxygens (including phenoxy) is 1. The van der Waals surface area contributed by atoms with Crippen molar-refractivity contribution in [3.05, 3.63) is 71.0 Å². The van der Waals surface area contributed by atoms with Gasteiger partial charge in [0.25, 0.3) is 0 Å². The van der Waals surface area contributed by atoms with Gasteiger partial charge < -0.3 is 9.64 Å². The van der Waals surface area contributed by atoms with Gasteiger partial charge in [0.15, 0.2) is 0 Å². The minimum atomic E-state index is -4.39. The highest BCUT2D eigenvalue weighted by molar-refractivity contribution is 5.78. The fourth-order valence-electron chi connectivity index (χ4n) is 2.85. The standard InChI is InChI=1S/C19H17F4NO2/c20-16-7-1-13(2-8-16)11-18(25)24-9-10-26-17(12-24)14-3-5-15(6-4-14)19(21,22)23/h1-8,17H,9-12H2. The smallest absolute Gasteiger partial charge is 0.370 e. The number of carbonyl (C=O) groups is 1. The van der Waals surface area contributed by atoms with Gasteiger partial charge in [0.05, 0.1) is 25.1 Å². The highest BCUT2D eigenvalue weighted by Gasteiger charge is 2.31. The SMILES string of the molecule is O=C(Cc1ccc(F)cc1)N1CCOC(c2ccc(C(F)(F)F)cc2)C1. The Hall–Kier alpha value is -2.41. The van der Waals surface area contributed by atoms with Crippen LogP contribution in [0.15, 0.2) is 48.5 Å². The zero-order chi connectivity index (χ0) is 18.7. The summed E-state index contributed by atoms with van der Waals surface area (Å²) in [6.45, 7) is 0.989. The van der Waals surface area contributed by atoms with Crippen molar-refractivity contribution in [2.24, 2.45) is 0 Å². The summed E-state index contributed by atoms with van der Waals surface area (Å²) in [6, 6.07) is 10.5. The minimum Gasteiger partial charge on any atom is -0.370 e. The molecule has 3 rings (SSSR count). The molecule has 1 saturated heterocycles. The zero-order valence-corrected chi connectivity index (χ0v) is 13.8. The molecule has 0 radical (unpaired) electrons. The van der Waals surface area contributed by atoms with Gasteiger partial charge in [-0.1, -0.05) is 24.3 Å². The first-order chi connectivity index (χ1) is 12.3. The van der Waals surface area contributed by atoms with Gasteiger partial charge in [-0.05, 0) is 35.4 Å². The summed E-state index contributed by atoms with van der Waals surface area (Å²) in [6.07, 6.45) is -4.72. The molecule has 26 heavy (non-hydrogen) atoms. The van der Waals surface area contributed by atoms with Crippen LogP contribution in [0.25, 0.3) is 0 Å². The summed E-state index contributed by atoms with van der Waals surface area (Å²) in [5.74, 6) is -0.494. The van der Waals surface area contributed by atoms with Crippen molar-refractivity contribution in [3.63, 3.8) is 0 Å². The molecule has 0 spiro atoms. The highest BCUT2D eigenvalue weighted by atomic mass is 19.4. The lowest BCUT2D eigenvalue weighted by molar-refractivity contribution is -0.138. The fraction of sp³-hybridized carbons (Fsp3) is 0.316. The summed E-state index contributed by atoms with van der Waals surface area (Å²) in [7, 11) is 0. The van der Waals surface area contributed by atoms with E-state index >= 15 is 0 Å². The van der Waals surface area contributed by atoms with Crippen LogP contribution >= 0.6 is 0 Å². The Morgan fingerprint density at radius 3 is 2.35 bits per heavy atom. The Bertz CT molecular complexity index is 757. The second-order valence-electron chi connectivity index (χ2n) is 6.12. The van der Waals surface area contributed by atoms with Gasteiger partial charge >= 0.3 is 6.18 Å². The number of hydrogen-bond donors (Lipinski definition) is 0. The maximum absolute atomic E-state index is 12.9. The van der Waals surface area contributed by atoms with Crippen LogP contribution in [-0.2, 0) is 22.1 Å². The molecule has 138 valence electrons. The number of benzene rings is 2. The van der Waals surface area contributed by atoms with Crippen molar-refractivity contribution in [2.45, 2.75) is 18.7 Å². The molecule has 3 nitrogen and oxygen atoms in total. The van der Waals surface area contributed by atoms with Crippen molar-refractivity contribution < 1.29 is 27.1 Å². The van der Waals surface area contributed by atoms with E-state index in [2.05, 4.69) is 0 Å². The second kappa shape index (κ2) is 7.45. The van der Waals surface area contributed by atoms with Crippen LogP contribution in [0, 0.1) is 5.82 Å². The Kier molecular flexibility index (Phi) is 5.27. The van der Waals surface area contributed by atoms with Crippen molar-refractivity contribution in [1.29, 1.82) is 0 Å². The lowest BCUT2D eigenvalue weighted by Crippen LogP contribution is -2.43. The summed E-state index contributed by atoms with van der Waals surface area (Å²) < 4.78 is 56.5. The Morgan fingerprint density at radius 2 is 1.73 bits per heavy atom. The minimum absolute atomic E-state index is 0.128. The van der Waals surface area contributed by atoms with E-state index < -0.39 is 17.8 Å². The van der Waals surface area contributed by atoms with Gasteiger partial charge in [0.2, 0.25) is 5.91 Å². The third-order valence-corrected chi connectivity index (χ3v) is 4.30. The second-order valence-corrected chi connectivity index (χ2v) is 6.12. The van der Waals surface area contributed by atoms with E-state index in [-0.39, 0.29) is 24.7 Å². The quantitative estimate of drug-likeness (QED) is 0.768. The van der Waals surface area contributed by atoms with Crippen molar-refractivity contribution in [3.8, 4) is 0 Å². The average Bonchev–Trinajstić information content (AvgIpc) is 2.63. The predicted octanol–water partition coefficient (Wildman–Crippen LogP) is 3.99. The van der Waals surface area contributed by atoms with E-state index in [0.717, 1.165) is 12.1 Å². The van der Waals surface area contributed by atoms with E-state index in [9.17, 15) is 22.4 Å². The Morgan fingerprint density at radius 1 is 1.08 bits per heavy atom. The number of nitrogens with zero attached hydrogens (tertiary/aromatic N) is 1. The number of hydrogen-bond acceptors (Lipinski definition) is 2. The molecule has 2 aromatic rings. The number of carbonyl (C=O) groups excluding carboxylic acids is 1. The summed E-state index contributed by atoms with van der Waals surface area (Å²) in [5.41, 5.74) is 0.576.